The van der Waals surface area contributed by atoms with Crippen LogP contribution in [0.1, 0.15) is 37.0 Å². The summed E-state index contributed by atoms with van der Waals surface area (Å²) in [5.74, 6) is 0.303. The van der Waals surface area contributed by atoms with Crippen molar-refractivity contribution in [1.82, 2.24) is 0 Å². The van der Waals surface area contributed by atoms with Gasteiger partial charge in [-0.2, -0.15) is 0 Å². The third-order valence-corrected chi connectivity index (χ3v) is 8.53. The molecule has 0 saturated carbocycles. The standard InChI is InChI=1S/C32H34O3S/c1-26(23-27(2)25-36(33,34)31-21-13-6-14-22-31)24-35-32(28-15-7-3-8-16-28,29-17-9-4-10-18-29)30-19-11-5-12-20-30/h3-22,26-27H,23-25H2,1-2H3/t26-,27+/m0/s1. The number of hydrogen-bond donors (Lipinski definition) is 0. The van der Waals surface area contributed by atoms with E-state index in [4.69, 9.17) is 4.74 Å². The predicted octanol–water partition coefficient (Wildman–Crippen LogP) is 7.13. The molecule has 4 aromatic carbocycles. The van der Waals surface area contributed by atoms with Crippen LogP contribution in [-0.4, -0.2) is 20.8 Å². The molecule has 4 aromatic rings. The minimum Gasteiger partial charge on any atom is -0.361 e. The highest BCUT2D eigenvalue weighted by atomic mass is 32.2. The molecule has 0 aromatic heterocycles. The van der Waals surface area contributed by atoms with Gasteiger partial charge in [0.2, 0.25) is 0 Å². The molecular formula is C32H34O3S. The average Bonchev–Trinajstić information content (AvgIpc) is 2.91. The van der Waals surface area contributed by atoms with Gasteiger partial charge in [-0.25, -0.2) is 8.42 Å². The molecular weight excluding hydrogens is 464 g/mol. The fourth-order valence-corrected chi connectivity index (χ4v) is 6.61. The van der Waals surface area contributed by atoms with Gasteiger partial charge in [0, 0.05) is 0 Å². The molecule has 0 saturated heterocycles. The van der Waals surface area contributed by atoms with E-state index in [0.717, 1.165) is 23.1 Å². The lowest BCUT2D eigenvalue weighted by Crippen LogP contribution is -2.34. The molecule has 4 rings (SSSR count). The zero-order chi connectivity index (χ0) is 25.4. The number of benzene rings is 4. The van der Waals surface area contributed by atoms with Crippen LogP contribution in [0.4, 0.5) is 0 Å². The summed E-state index contributed by atoms with van der Waals surface area (Å²) in [4.78, 5) is 0.386. The molecule has 0 N–H and O–H groups in total. The number of ether oxygens (including phenoxy) is 1. The smallest absolute Gasteiger partial charge is 0.178 e. The van der Waals surface area contributed by atoms with Crippen LogP contribution < -0.4 is 0 Å². The van der Waals surface area contributed by atoms with E-state index < -0.39 is 15.4 Å². The van der Waals surface area contributed by atoms with Crippen molar-refractivity contribution >= 4 is 9.84 Å². The van der Waals surface area contributed by atoms with Crippen LogP contribution in [0.3, 0.4) is 0 Å². The van der Waals surface area contributed by atoms with Crippen LogP contribution in [0.2, 0.25) is 0 Å². The quantitative estimate of drug-likeness (QED) is 0.207. The number of hydrogen-bond acceptors (Lipinski definition) is 3. The minimum absolute atomic E-state index is 0.00776. The Bertz CT molecular complexity index is 1210. The summed E-state index contributed by atoms with van der Waals surface area (Å²) < 4.78 is 32.6. The van der Waals surface area contributed by atoms with Gasteiger partial charge < -0.3 is 4.74 Å². The van der Waals surface area contributed by atoms with Gasteiger partial charge in [0.1, 0.15) is 5.60 Å². The Morgan fingerprint density at radius 3 is 1.42 bits per heavy atom. The maximum atomic E-state index is 12.9. The van der Waals surface area contributed by atoms with Crippen molar-refractivity contribution in [2.75, 3.05) is 12.4 Å². The van der Waals surface area contributed by atoms with Crippen LogP contribution in [0, 0.1) is 11.8 Å². The van der Waals surface area contributed by atoms with Gasteiger partial charge in [-0.3, -0.25) is 0 Å². The first-order valence-electron chi connectivity index (χ1n) is 12.5. The van der Waals surface area contributed by atoms with Crippen molar-refractivity contribution in [3.8, 4) is 0 Å². The summed E-state index contributed by atoms with van der Waals surface area (Å²) in [7, 11) is -3.32. The van der Waals surface area contributed by atoms with Gasteiger partial charge in [-0.15, -0.1) is 0 Å². The van der Waals surface area contributed by atoms with E-state index in [1.54, 1.807) is 24.3 Å². The van der Waals surface area contributed by atoms with Crippen molar-refractivity contribution in [2.24, 2.45) is 11.8 Å². The Morgan fingerprint density at radius 1 is 0.611 bits per heavy atom. The maximum Gasteiger partial charge on any atom is 0.178 e. The Morgan fingerprint density at radius 2 is 1.00 bits per heavy atom. The number of rotatable bonds is 11. The van der Waals surface area contributed by atoms with Crippen molar-refractivity contribution in [2.45, 2.75) is 30.8 Å². The molecule has 0 bridgehead atoms. The summed E-state index contributed by atoms with van der Waals surface area (Å²) in [6.45, 7) is 4.64. The first-order chi connectivity index (χ1) is 17.4. The van der Waals surface area contributed by atoms with Crippen molar-refractivity contribution in [1.29, 1.82) is 0 Å². The highest BCUT2D eigenvalue weighted by Gasteiger charge is 2.38. The monoisotopic (exact) mass is 498 g/mol. The highest BCUT2D eigenvalue weighted by Crippen LogP contribution is 2.41. The first kappa shape index (κ1) is 25.9. The second-order valence-electron chi connectivity index (χ2n) is 9.63. The lowest BCUT2D eigenvalue weighted by molar-refractivity contribution is -0.00832. The molecule has 186 valence electrons. The maximum absolute atomic E-state index is 12.9. The zero-order valence-electron chi connectivity index (χ0n) is 21.0. The molecule has 2 atom stereocenters. The van der Waals surface area contributed by atoms with E-state index in [2.05, 4.69) is 43.3 Å². The molecule has 4 heteroatoms. The normalized spacial score (nSPS) is 13.7. The minimum atomic E-state index is -3.32. The van der Waals surface area contributed by atoms with E-state index >= 15 is 0 Å². The summed E-state index contributed by atoms with van der Waals surface area (Å²) in [5.41, 5.74) is 2.43. The van der Waals surface area contributed by atoms with Crippen LogP contribution in [0.15, 0.2) is 126 Å². The molecule has 0 unspecified atom stereocenters. The van der Waals surface area contributed by atoms with Crippen LogP contribution >= 0.6 is 0 Å². The number of sulfone groups is 1. The van der Waals surface area contributed by atoms with Gasteiger partial charge in [0.15, 0.2) is 9.84 Å². The van der Waals surface area contributed by atoms with Gasteiger partial charge in [0.05, 0.1) is 17.3 Å². The topological polar surface area (TPSA) is 43.4 Å². The molecule has 0 heterocycles. The van der Waals surface area contributed by atoms with Gasteiger partial charge >= 0.3 is 0 Å². The molecule has 0 aliphatic rings. The van der Waals surface area contributed by atoms with Gasteiger partial charge in [-0.1, -0.05) is 123 Å². The molecule has 0 spiro atoms. The molecule has 0 radical (unpaired) electrons. The lowest BCUT2D eigenvalue weighted by atomic mass is 9.80. The Balaban J connectivity index is 1.57. The molecule has 36 heavy (non-hydrogen) atoms. The largest absolute Gasteiger partial charge is 0.361 e. The predicted molar refractivity (Wildman–Crippen MR) is 147 cm³/mol. The van der Waals surface area contributed by atoms with Crippen LogP contribution in [-0.2, 0) is 20.2 Å². The third kappa shape index (κ3) is 5.95. The fraction of sp³-hybridized carbons (Fsp3) is 0.250. The second-order valence-corrected chi connectivity index (χ2v) is 11.7. The molecule has 3 nitrogen and oxygen atoms in total. The van der Waals surface area contributed by atoms with Crippen LogP contribution in [0.5, 0.6) is 0 Å². The third-order valence-electron chi connectivity index (χ3n) is 6.54. The SMILES string of the molecule is C[C@H](COC(c1ccccc1)(c1ccccc1)c1ccccc1)C[C@@H](C)CS(=O)(=O)c1ccccc1. The van der Waals surface area contributed by atoms with Crippen molar-refractivity contribution < 1.29 is 13.2 Å². The van der Waals surface area contributed by atoms with Gasteiger partial charge in [0.25, 0.3) is 0 Å². The zero-order valence-corrected chi connectivity index (χ0v) is 21.8. The first-order valence-corrected chi connectivity index (χ1v) is 14.2. The Kier molecular flexibility index (Phi) is 8.40. The van der Waals surface area contributed by atoms with E-state index in [0.29, 0.717) is 11.5 Å². The summed E-state index contributed by atoms with van der Waals surface area (Å²) >= 11 is 0. The van der Waals surface area contributed by atoms with Crippen LogP contribution in [0.25, 0.3) is 0 Å². The van der Waals surface area contributed by atoms with E-state index in [9.17, 15) is 8.42 Å². The van der Waals surface area contributed by atoms with E-state index in [-0.39, 0.29) is 17.6 Å². The van der Waals surface area contributed by atoms with E-state index in [1.165, 1.54) is 0 Å². The fourth-order valence-electron chi connectivity index (χ4n) is 4.96. The Hall–Kier alpha value is -3.21. The second kappa shape index (κ2) is 11.7. The molecule has 0 fully saturated rings. The molecule has 0 aliphatic carbocycles. The summed E-state index contributed by atoms with van der Waals surface area (Å²) in [6.07, 6.45) is 0.751. The molecule has 0 amide bonds. The summed E-state index contributed by atoms with van der Waals surface area (Å²) in [5, 5.41) is 0. The van der Waals surface area contributed by atoms with E-state index in [1.807, 2.05) is 67.6 Å². The van der Waals surface area contributed by atoms with Crippen molar-refractivity contribution in [3.05, 3.63) is 138 Å². The summed E-state index contributed by atoms with van der Waals surface area (Å²) in [6, 6.07) is 39.7. The van der Waals surface area contributed by atoms with Gasteiger partial charge in [-0.05, 0) is 47.1 Å². The average molecular weight is 499 g/mol. The van der Waals surface area contributed by atoms with Crippen molar-refractivity contribution in [3.63, 3.8) is 0 Å². The lowest BCUT2D eigenvalue weighted by Gasteiger charge is -2.37. The highest BCUT2D eigenvalue weighted by molar-refractivity contribution is 7.91. The molecule has 0 aliphatic heterocycles. The Labute approximate surface area is 215 Å².